The highest BCUT2D eigenvalue weighted by Gasteiger charge is 2.49. The molecule has 1 saturated carbocycles. The standard InChI is InChI=1S/C12H23N/c1-8(2)11-7-12-10(11)5-6-13(12)9(3)4/h8-12H,5-7H2,1-4H3. The lowest BCUT2D eigenvalue weighted by molar-refractivity contribution is 0.0276. The predicted molar refractivity (Wildman–Crippen MR) is 56.7 cm³/mol. The van der Waals surface area contributed by atoms with E-state index in [9.17, 15) is 0 Å². The summed E-state index contributed by atoms with van der Waals surface area (Å²) in [6.07, 6.45) is 2.94. The molecule has 1 aliphatic heterocycles. The van der Waals surface area contributed by atoms with E-state index in [0.717, 1.165) is 29.8 Å². The average molecular weight is 181 g/mol. The number of fused-ring (bicyclic) bond motifs is 1. The van der Waals surface area contributed by atoms with Crippen molar-refractivity contribution in [3.63, 3.8) is 0 Å². The fourth-order valence-electron chi connectivity index (χ4n) is 3.38. The van der Waals surface area contributed by atoms with Crippen molar-refractivity contribution >= 4 is 0 Å². The molecule has 0 bridgehead atoms. The molecule has 0 aromatic heterocycles. The van der Waals surface area contributed by atoms with Crippen LogP contribution in [0.5, 0.6) is 0 Å². The van der Waals surface area contributed by atoms with E-state index in [2.05, 4.69) is 32.6 Å². The number of nitrogens with zero attached hydrogens (tertiary/aromatic N) is 1. The molecule has 76 valence electrons. The Morgan fingerprint density at radius 3 is 2.38 bits per heavy atom. The van der Waals surface area contributed by atoms with Crippen LogP contribution in [-0.4, -0.2) is 23.5 Å². The summed E-state index contributed by atoms with van der Waals surface area (Å²) in [6.45, 7) is 10.8. The van der Waals surface area contributed by atoms with Crippen LogP contribution in [0.1, 0.15) is 40.5 Å². The number of rotatable bonds is 2. The molecule has 0 N–H and O–H groups in total. The van der Waals surface area contributed by atoms with Gasteiger partial charge >= 0.3 is 0 Å². The first-order valence-electron chi connectivity index (χ1n) is 5.87. The number of likely N-dealkylation sites (tertiary alicyclic amines) is 1. The molecule has 3 unspecified atom stereocenters. The Morgan fingerprint density at radius 1 is 1.15 bits per heavy atom. The van der Waals surface area contributed by atoms with Gasteiger partial charge in [0.05, 0.1) is 0 Å². The molecule has 1 heterocycles. The monoisotopic (exact) mass is 181 g/mol. The van der Waals surface area contributed by atoms with Gasteiger partial charge in [-0.05, 0) is 51.0 Å². The third kappa shape index (κ3) is 1.41. The molecule has 3 atom stereocenters. The topological polar surface area (TPSA) is 3.24 Å². The molecule has 0 amide bonds. The van der Waals surface area contributed by atoms with E-state index in [1.165, 1.54) is 19.4 Å². The van der Waals surface area contributed by atoms with Gasteiger partial charge in [0.25, 0.3) is 0 Å². The quantitative estimate of drug-likeness (QED) is 0.633. The van der Waals surface area contributed by atoms with Gasteiger partial charge in [0.1, 0.15) is 0 Å². The Morgan fingerprint density at radius 2 is 1.85 bits per heavy atom. The second-order valence-electron chi connectivity index (χ2n) is 5.50. The second-order valence-corrected chi connectivity index (χ2v) is 5.50. The van der Waals surface area contributed by atoms with Crippen molar-refractivity contribution in [3.8, 4) is 0 Å². The van der Waals surface area contributed by atoms with Gasteiger partial charge in [-0.1, -0.05) is 13.8 Å². The van der Waals surface area contributed by atoms with Gasteiger partial charge in [0.2, 0.25) is 0 Å². The van der Waals surface area contributed by atoms with Gasteiger partial charge in [-0.2, -0.15) is 0 Å². The molecule has 0 radical (unpaired) electrons. The van der Waals surface area contributed by atoms with E-state index in [1.54, 1.807) is 0 Å². The van der Waals surface area contributed by atoms with E-state index in [0.29, 0.717) is 0 Å². The molecule has 1 nitrogen and oxygen atoms in total. The van der Waals surface area contributed by atoms with Crippen LogP contribution in [-0.2, 0) is 0 Å². The summed E-state index contributed by atoms with van der Waals surface area (Å²) in [6, 6.07) is 1.72. The Balaban J connectivity index is 1.95. The summed E-state index contributed by atoms with van der Waals surface area (Å²) in [5.74, 6) is 2.99. The van der Waals surface area contributed by atoms with Crippen LogP contribution in [0.25, 0.3) is 0 Å². The lowest BCUT2D eigenvalue weighted by atomic mass is 9.64. The zero-order chi connectivity index (χ0) is 9.59. The van der Waals surface area contributed by atoms with Crippen molar-refractivity contribution in [3.05, 3.63) is 0 Å². The highest BCUT2D eigenvalue weighted by molar-refractivity contribution is 5.02. The first-order chi connectivity index (χ1) is 6.11. The molecule has 1 saturated heterocycles. The van der Waals surface area contributed by atoms with E-state index < -0.39 is 0 Å². The van der Waals surface area contributed by atoms with Crippen molar-refractivity contribution in [2.75, 3.05) is 6.54 Å². The van der Waals surface area contributed by atoms with E-state index in [4.69, 9.17) is 0 Å². The minimum atomic E-state index is 0.767. The summed E-state index contributed by atoms with van der Waals surface area (Å²) >= 11 is 0. The van der Waals surface area contributed by atoms with Crippen molar-refractivity contribution in [1.82, 2.24) is 4.90 Å². The van der Waals surface area contributed by atoms with Gasteiger partial charge in [0.15, 0.2) is 0 Å². The van der Waals surface area contributed by atoms with Crippen molar-refractivity contribution in [2.24, 2.45) is 17.8 Å². The zero-order valence-electron chi connectivity index (χ0n) is 9.46. The summed E-state index contributed by atoms with van der Waals surface area (Å²) in [5.41, 5.74) is 0. The zero-order valence-corrected chi connectivity index (χ0v) is 9.46. The molecule has 0 aromatic rings. The van der Waals surface area contributed by atoms with Crippen molar-refractivity contribution in [1.29, 1.82) is 0 Å². The Hall–Kier alpha value is -0.0400. The maximum Gasteiger partial charge on any atom is 0.0132 e. The normalized spacial score (nSPS) is 39.7. The molecule has 13 heavy (non-hydrogen) atoms. The van der Waals surface area contributed by atoms with Gasteiger partial charge < -0.3 is 0 Å². The molecule has 1 heteroatoms. The lowest BCUT2D eigenvalue weighted by Crippen LogP contribution is -2.49. The minimum Gasteiger partial charge on any atom is -0.298 e. The van der Waals surface area contributed by atoms with Crippen LogP contribution in [0.15, 0.2) is 0 Å². The highest BCUT2D eigenvalue weighted by atomic mass is 15.2. The van der Waals surface area contributed by atoms with Crippen LogP contribution in [0.4, 0.5) is 0 Å². The van der Waals surface area contributed by atoms with E-state index in [1.807, 2.05) is 0 Å². The van der Waals surface area contributed by atoms with Crippen LogP contribution >= 0.6 is 0 Å². The van der Waals surface area contributed by atoms with Gasteiger partial charge in [-0.15, -0.1) is 0 Å². The van der Waals surface area contributed by atoms with Crippen LogP contribution in [0.2, 0.25) is 0 Å². The fourth-order valence-corrected chi connectivity index (χ4v) is 3.38. The maximum atomic E-state index is 2.71. The largest absolute Gasteiger partial charge is 0.298 e. The van der Waals surface area contributed by atoms with Gasteiger partial charge in [0, 0.05) is 12.1 Å². The maximum absolute atomic E-state index is 2.71. The Labute approximate surface area is 82.5 Å². The third-order valence-electron chi connectivity index (χ3n) is 4.22. The molecular weight excluding hydrogens is 158 g/mol. The molecule has 2 aliphatic rings. The molecule has 2 fully saturated rings. The first-order valence-corrected chi connectivity index (χ1v) is 5.87. The molecule has 2 rings (SSSR count). The van der Waals surface area contributed by atoms with Gasteiger partial charge in [-0.25, -0.2) is 0 Å². The fraction of sp³-hybridized carbons (Fsp3) is 1.00. The molecule has 0 spiro atoms. The highest BCUT2D eigenvalue weighted by Crippen LogP contribution is 2.49. The van der Waals surface area contributed by atoms with E-state index in [-0.39, 0.29) is 0 Å². The predicted octanol–water partition coefficient (Wildman–Crippen LogP) is 2.76. The first kappa shape index (κ1) is 9.51. The van der Waals surface area contributed by atoms with Crippen LogP contribution in [0, 0.1) is 17.8 Å². The van der Waals surface area contributed by atoms with Gasteiger partial charge in [-0.3, -0.25) is 4.90 Å². The summed E-state index contributed by atoms with van der Waals surface area (Å²) in [4.78, 5) is 2.71. The Bertz CT molecular complexity index is 186. The van der Waals surface area contributed by atoms with Crippen LogP contribution < -0.4 is 0 Å². The van der Waals surface area contributed by atoms with Crippen molar-refractivity contribution in [2.45, 2.75) is 52.6 Å². The molecule has 0 aromatic carbocycles. The minimum absolute atomic E-state index is 0.767. The SMILES string of the molecule is CC(C)C1CC2C1CCN2C(C)C. The third-order valence-corrected chi connectivity index (χ3v) is 4.22. The smallest absolute Gasteiger partial charge is 0.0132 e. The molecular formula is C12H23N. The summed E-state index contributed by atoms with van der Waals surface area (Å²) < 4.78 is 0. The Kier molecular flexibility index (Phi) is 2.39. The summed E-state index contributed by atoms with van der Waals surface area (Å²) in [7, 11) is 0. The van der Waals surface area contributed by atoms with Crippen molar-refractivity contribution < 1.29 is 0 Å². The second kappa shape index (κ2) is 3.27. The number of hydrogen-bond donors (Lipinski definition) is 0. The van der Waals surface area contributed by atoms with Crippen LogP contribution in [0.3, 0.4) is 0 Å². The lowest BCUT2D eigenvalue weighted by Gasteiger charge is -2.47. The average Bonchev–Trinajstić information content (AvgIpc) is 2.27. The molecule has 1 aliphatic carbocycles. The van der Waals surface area contributed by atoms with E-state index >= 15 is 0 Å². The summed E-state index contributed by atoms with van der Waals surface area (Å²) in [5, 5.41) is 0. The number of hydrogen-bond acceptors (Lipinski definition) is 1.